The van der Waals surface area contributed by atoms with Gasteiger partial charge in [-0.05, 0) is 32.6 Å². The van der Waals surface area contributed by atoms with Crippen LogP contribution in [0.1, 0.15) is 50.1 Å². The number of aryl methyl sites for hydroxylation is 1. The Balaban J connectivity index is 2.03. The summed E-state index contributed by atoms with van der Waals surface area (Å²) in [4.78, 5) is 23.5. The summed E-state index contributed by atoms with van der Waals surface area (Å²) in [5.74, 6) is -0.891. The Kier molecular flexibility index (Phi) is 5.44. The zero-order chi connectivity index (χ0) is 17.1. The van der Waals surface area contributed by atoms with Crippen molar-refractivity contribution in [1.29, 1.82) is 0 Å². The van der Waals surface area contributed by atoms with Gasteiger partial charge in [0, 0.05) is 23.8 Å². The zero-order valence-corrected chi connectivity index (χ0v) is 14.4. The van der Waals surface area contributed by atoms with E-state index in [-0.39, 0.29) is 18.4 Å². The van der Waals surface area contributed by atoms with Gasteiger partial charge in [-0.1, -0.05) is 20.3 Å². The molecule has 2 N–H and O–H groups in total. The van der Waals surface area contributed by atoms with Crippen molar-refractivity contribution in [2.24, 2.45) is 11.8 Å². The average Bonchev–Trinajstić information content (AvgIpc) is 2.99. The molecule has 1 aliphatic carbocycles. The second-order valence-corrected chi connectivity index (χ2v) is 6.95. The highest BCUT2D eigenvalue weighted by molar-refractivity contribution is 5.80. The summed E-state index contributed by atoms with van der Waals surface area (Å²) in [6, 6.07) is -0.244. The van der Waals surface area contributed by atoms with Gasteiger partial charge in [-0.3, -0.25) is 14.3 Å². The summed E-state index contributed by atoms with van der Waals surface area (Å²) in [6.07, 6.45) is 2.50. The van der Waals surface area contributed by atoms with Crippen LogP contribution in [0.3, 0.4) is 0 Å². The second-order valence-electron chi connectivity index (χ2n) is 6.95. The minimum absolute atomic E-state index is 0.113. The van der Waals surface area contributed by atoms with E-state index in [9.17, 15) is 14.7 Å². The van der Waals surface area contributed by atoms with Crippen LogP contribution in [0.2, 0.25) is 0 Å². The molecule has 0 bridgehead atoms. The Hall–Kier alpha value is -1.85. The third-order valence-electron chi connectivity index (χ3n) is 4.59. The fourth-order valence-electron chi connectivity index (χ4n) is 3.36. The Morgan fingerprint density at radius 1 is 1.35 bits per heavy atom. The standard InChI is InChI=1S/C17H27N3O3/c1-10(2)9-20-12(4)14(11(3)19-20)8-16(21)18-15-7-5-6-13(15)17(22)23/h10,13,15H,5-9H2,1-4H3,(H,18,21)(H,22,23)/t13-,15+/m0/s1. The first-order valence-electron chi connectivity index (χ1n) is 8.34. The van der Waals surface area contributed by atoms with E-state index in [4.69, 9.17) is 0 Å². The van der Waals surface area contributed by atoms with Crippen molar-refractivity contribution in [2.75, 3.05) is 0 Å². The van der Waals surface area contributed by atoms with Crippen LogP contribution in [-0.2, 0) is 22.6 Å². The van der Waals surface area contributed by atoms with Crippen molar-refractivity contribution in [3.8, 4) is 0 Å². The normalized spacial score (nSPS) is 20.9. The Bertz CT molecular complexity index is 592. The molecule has 0 radical (unpaired) electrons. The molecule has 1 aliphatic rings. The summed E-state index contributed by atoms with van der Waals surface area (Å²) < 4.78 is 1.96. The van der Waals surface area contributed by atoms with Gasteiger partial charge in [0.25, 0.3) is 0 Å². The van der Waals surface area contributed by atoms with E-state index in [2.05, 4.69) is 24.3 Å². The highest BCUT2D eigenvalue weighted by atomic mass is 16.4. The van der Waals surface area contributed by atoms with Gasteiger partial charge in [-0.25, -0.2) is 0 Å². The number of carbonyl (C=O) groups excluding carboxylic acids is 1. The smallest absolute Gasteiger partial charge is 0.308 e. The van der Waals surface area contributed by atoms with E-state index in [1.165, 1.54) is 0 Å². The second kappa shape index (κ2) is 7.15. The number of hydrogen-bond donors (Lipinski definition) is 2. The van der Waals surface area contributed by atoms with Gasteiger partial charge in [0.15, 0.2) is 0 Å². The van der Waals surface area contributed by atoms with Crippen LogP contribution in [0.4, 0.5) is 0 Å². The van der Waals surface area contributed by atoms with Crippen molar-refractivity contribution >= 4 is 11.9 Å². The predicted molar refractivity (Wildman–Crippen MR) is 87.2 cm³/mol. The first-order chi connectivity index (χ1) is 10.8. The lowest BCUT2D eigenvalue weighted by Gasteiger charge is -2.17. The maximum Gasteiger partial charge on any atom is 0.308 e. The van der Waals surface area contributed by atoms with Crippen LogP contribution in [0.5, 0.6) is 0 Å². The van der Waals surface area contributed by atoms with E-state index in [0.29, 0.717) is 12.3 Å². The number of amides is 1. The molecule has 1 aromatic heterocycles. The Labute approximate surface area is 137 Å². The van der Waals surface area contributed by atoms with Crippen LogP contribution >= 0.6 is 0 Å². The molecule has 0 spiro atoms. The number of aliphatic carboxylic acids is 1. The summed E-state index contributed by atoms with van der Waals surface area (Å²) in [5, 5.41) is 16.6. The molecular formula is C17H27N3O3. The molecule has 0 aliphatic heterocycles. The first kappa shape index (κ1) is 17.5. The van der Waals surface area contributed by atoms with Gasteiger partial charge in [-0.15, -0.1) is 0 Å². The van der Waals surface area contributed by atoms with Gasteiger partial charge in [0.2, 0.25) is 5.91 Å². The third kappa shape index (κ3) is 4.12. The van der Waals surface area contributed by atoms with Crippen LogP contribution in [-0.4, -0.2) is 32.8 Å². The maximum atomic E-state index is 12.3. The molecule has 6 heteroatoms. The fraction of sp³-hybridized carbons (Fsp3) is 0.706. The molecule has 1 heterocycles. The Morgan fingerprint density at radius 3 is 2.65 bits per heavy atom. The minimum atomic E-state index is -0.815. The summed E-state index contributed by atoms with van der Waals surface area (Å²) in [7, 11) is 0. The number of hydrogen-bond acceptors (Lipinski definition) is 3. The molecule has 0 unspecified atom stereocenters. The topological polar surface area (TPSA) is 84.2 Å². The molecule has 128 valence electrons. The molecular weight excluding hydrogens is 294 g/mol. The molecule has 1 fully saturated rings. The van der Waals surface area contributed by atoms with Gasteiger partial charge >= 0.3 is 5.97 Å². The number of carboxylic acids is 1. The lowest BCUT2D eigenvalue weighted by molar-refractivity contribution is -0.142. The highest BCUT2D eigenvalue weighted by Gasteiger charge is 2.34. The summed E-state index contributed by atoms with van der Waals surface area (Å²) in [5.41, 5.74) is 2.85. The van der Waals surface area contributed by atoms with E-state index in [1.807, 2.05) is 18.5 Å². The SMILES string of the molecule is Cc1nn(CC(C)C)c(C)c1CC(=O)N[C@@H]1CCC[C@@H]1C(=O)O. The predicted octanol–water partition coefficient (Wildman–Crippen LogP) is 2.07. The van der Waals surface area contributed by atoms with Gasteiger partial charge in [-0.2, -0.15) is 5.10 Å². The number of nitrogens with one attached hydrogen (secondary N) is 1. The minimum Gasteiger partial charge on any atom is -0.481 e. The van der Waals surface area contributed by atoms with Crippen molar-refractivity contribution in [3.05, 3.63) is 17.0 Å². The lowest BCUT2D eigenvalue weighted by atomic mass is 10.0. The van der Waals surface area contributed by atoms with Gasteiger partial charge < -0.3 is 10.4 Å². The zero-order valence-electron chi connectivity index (χ0n) is 14.4. The highest BCUT2D eigenvalue weighted by Crippen LogP contribution is 2.26. The number of carbonyl (C=O) groups is 2. The van der Waals surface area contributed by atoms with E-state index >= 15 is 0 Å². The van der Waals surface area contributed by atoms with Crippen molar-refractivity contribution in [3.63, 3.8) is 0 Å². The summed E-state index contributed by atoms with van der Waals surface area (Å²) >= 11 is 0. The average molecular weight is 321 g/mol. The fourth-order valence-corrected chi connectivity index (χ4v) is 3.36. The maximum absolute atomic E-state index is 12.3. The number of carboxylic acid groups (broad SMARTS) is 1. The van der Waals surface area contributed by atoms with Crippen LogP contribution < -0.4 is 5.32 Å². The Morgan fingerprint density at radius 2 is 2.04 bits per heavy atom. The van der Waals surface area contributed by atoms with Gasteiger partial charge in [0.1, 0.15) is 0 Å². The molecule has 1 aromatic rings. The number of rotatable bonds is 6. The molecule has 1 saturated carbocycles. The van der Waals surface area contributed by atoms with Crippen molar-refractivity contribution in [2.45, 2.75) is 66.0 Å². The number of nitrogens with zero attached hydrogens (tertiary/aromatic N) is 2. The van der Waals surface area contributed by atoms with Gasteiger partial charge in [0.05, 0.1) is 18.0 Å². The largest absolute Gasteiger partial charge is 0.481 e. The molecule has 1 amide bonds. The van der Waals surface area contributed by atoms with Crippen molar-refractivity contribution < 1.29 is 14.7 Å². The first-order valence-corrected chi connectivity index (χ1v) is 8.34. The van der Waals surface area contributed by atoms with E-state index < -0.39 is 11.9 Å². The van der Waals surface area contributed by atoms with Crippen molar-refractivity contribution in [1.82, 2.24) is 15.1 Å². The van der Waals surface area contributed by atoms with E-state index in [1.54, 1.807) is 0 Å². The van der Waals surface area contributed by atoms with E-state index in [0.717, 1.165) is 36.3 Å². The number of aromatic nitrogens is 2. The quantitative estimate of drug-likeness (QED) is 0.840. The molecule has 6 nitrogen and oxygen atoms in total. The summed E-state index contributed by atoms with van der Waals surface area (Å²) in [6.45, 7) is 9.00. The molecule has 2 rings (SSSR count). The monoisotopic (exact) mass is 321 g/mol. The van der Waals surface area contributed by atoms with Crippen LogP contribution in [0.25, 0.3) is 0 Å². The molecule has 2 atom stereocenters. The lowest BCUT2D eigenvalue weighted by Crippen LogP contribution is -2.41. The molecule has 23 heavy (non-hydrogen) atoms. The molecule has 0 aromatic carbocycles. The molecule has 0 saturated heterocycles. The third-order valence-corrected chi connectivity index (χ3v) is 4.59. The van der Waals surface area contributed by atoms with Crippen LogP contribution in [0.15, 0.2) is 0 Å². The van der Waals surface area contributed by atoms with Crippen LogP contribution in [0, 0.1) is 25.7 Å².